The van der Waals surface area contributed by atoms with Gasteiger partial charge in [0.05, 0.1) is 41.1 Å². The second kappa shape index (κ2) is 7.08. The summed E-state index contributed by atoms with van der Waals surface area (Å²) in [4.78, 5) is 14.7. The Morgan fingerprint density at radius 1 is 1.04 bits per heavy atom. The number of halogens is 2. The summed E-state index contributed by atoms with van der Waals surface area (Å²) in [6.07, 6.45) is 0.722. The van der Waals surface area contributed by atoms with E-state index in [0.717, 1.165) is 12.2 Å². The van der Waals surface area contributed by atoms with Crippen molar-refractivity contribution in [2.24, 2.45) is 0 Å². The molecule has 1 spiro atoms. The van der Waals surface area contributed by atoms with Gasteiger partial charge < -0.3 is 19.1 Å². The molecule has 2 aromatic rings. The molecule has 1 fully saturated rings. The van der Waals surface area contributed by atoms with E-state index in [4.69, 9.17) is 37.4 Å². The average Bonchev–Trinajstić information content (AvgIpc) is 2.90. The first-order chi connectivity index (χ1) is 12.6. The predicted octanol–water partition coefficient (Wildman–Crippen LogP) is 4.01. The minimum Gasteiger partial charge on any atom is -0.492 e. The first-order valence-corrected chi connectivity index (χ1v) is 9.15. The van der Waals surface area contributed by atoms with Crippen LogP contribution in [-0.2, 0) is 20.1 Å². The number of anilines is 1. The van der Waals surface area contributed by atoms with Crippen molar-refractivity contribution in [2.45, 2.75) is 12.2 Å². The van der Waals surface area contributed by atoms with Gasteiger partial charge in [0, 0.05) is 0 Å². The maximum atomic E-state index is 13.2. The minimum absolute atomic E-state index is 0.300. The SMILES string of the molecule is O=C1N(CCOc2ccccc2)c2c(Cl)ccc(Cl)c2C12OCCCO2. The standard InChI is InChI=1S/C19H17Cl2NO4/c20-14-7-8-15(21)17-16(14)19(25-10-4-11-26-19)18(23)22(17)9-12-24-13-5-2-1-3-6-13/h1-3,5-8H,4,9-12H2. The zero-order valence-electron chi connectivity index (χ0n) is 13.9. The number of ether oxygens (including phenoxy) is 3. The lowest BCUT2D eigenvalue weighted by atomic mass is 10.1. The maximum absolute atomic E-state index is 13.2. The third kappa shape index (κ3) is 2.85. The van der Waals surface area contributed by atoms with Gasteiger partial charge in [-0.05, 0) is 30.7 Å². The van der Waals surface area contributed by atoms with E-state index >= 15 is 0 Å². The molecule has 0 aromatic heterocycles. The molecule has 7 heteroatoms. The van der Waals surface area contributed by atoms with Crippen molar-refractivity contribution in [1.82, 2.24) is 0 Å². The molecule has 0 N–H and O–H groups in total. The molecule has 4 rings (SSSR count). The van der Waals surface area contributed by atoms with Crippen molar-refractivity contribution in [3.63, 3.8) is 0 Å². The summed E-state index contributed by atoms with van der Waals surface area (Å²) in [7, 11) is 0. The molecular formula is C19H17Cl2NO4. The average molecular weight is 394 g/mol. The molecular weight excluding hydrogens is 377 g/mol. The molecule has 0 atom stereocenters. The van der Waals surface area contributed by atoms with Crippen LogP contribution in [0.5, 0.6) is 5.75 Å². The Balaban J connectivity index is 1.64. The Kier molecular flexibility index (Phi) is 4.80. The van der Waals surface area contributed by atoms with E-state index in [9.17, 15) is 4.79 Å². The van der Waals surface area contributed by atoms with E-state index < -0.39 is 5.79 Å². The zero-order valence-corrected chi connectivity index (χ0v) is 15.4. The molecule has 26 heavy (non-hydrogen) atoms. The number of para-hydroxylation sites is 1. The fourth-order valence-electron chi connectivity index (χ4n) is 3.29. The number of amides is 1. The van der Waals surface area contributed by atoms with E-state index in [1.165, 1.54) is 4.90 Å². The van der Waals surface area contributed by atoms with Crippen LogP contribution in [0.3, 0.4) is 0 Å². The Morgan fingerprint density at radius 2 is 1.73 bits per heavy atom. The molecule has 0 aliphatic carbocycles. The minimum atomic E-state index is -1.51. The van der Waals surface area contributed by atoms with Gasteiger partial charge in [-0.1, -0.05) is 41.4 Å². The number of fused-ring (bicyclic) bond motifs is 2. The first-order valence-electron chi connectivity index (χ1n) is 8.40. The fraction of sp³-hybridized carbons (Fsp3) is 0.316. The monoisotopic (exact) mass is 393 g/mol. The van der Waals surface area contributed by atoms with E-state index in [1.807, 2.05) is 30.3 Å². The van der Waals surface area contributed by atoms with E-state index in [1.54, 1.807) is 12.1 Å². The summed E-state index contributed by atoms with van der Waals surface area (Å²) in [5.74, 6) is -1.10. The van der Waals surface area contributed by atoms with Crippen LogP contribution in [0.4, 0.5) is 5.69 Å². The van der Waals surface area contributed by atoms with E-state index in [2.05, 4.69) is 0 Å². The summed E-state index contributed by atoms with van der Waals surface area (Å²) in [6.45, 7) is 1.44. The molecule has 2 aliphatic rings. The van der Waals surface area contributed by atoms with Crippen molar-refractivity contribution < 1.29 is 19.0 Å². The third-order valence-electron chi connectivity index (χ3n) is 4.43. The van der Waals surface area contributed by atoms with Gasteiger partial charge in [0.2, 0.25) is 0 Å². The van der Waals surface area contributed by atoms with Gasteiger partial charge in [-0.25, -0.2) is 0 Å². The summed E-state index contributed by atoms with van der Waals surface area (Å²) < 4.78 is 17.3. The lowest BCUT2D eigenvalue weighted by Gasteiger charge is -2.32. The number of hydrogen-bond donors (Lipinski definition) is 0. The van der Waals surface area contributed by atoms with Crippen LogP contribution in [0.15, 0.2) is 42.5 Å². The Bertz CT molecular complexity index is 822. The molecule has 1 saturated heterocycles. The van der Waals surface area contributed by atoms with Crippen molar-refractivity contribution in [3.8, 4) is 5.75 Å². The Hall–Kier alpha value is -1.79. The molecule has 2 aliphatic heterocycles. The lowest BCUT2D eigenvalue weighted by Crippen LogP contribution is -2.48. The van der Waals surface area contributed by atoms with Crippen LogP contribution in [0, 0.1) is 0 Å². The van der Waals surface area contributed by atoms with Gasteiger partial charge in [0.15, 0.2) is 0 Å². The zero-order chi connectivity index (χ0) is 18.1. The number of hydrogen-bond acceptors (Lipinski definition) is 4. The largest absolute Gasteiger partial charge is 0.492 e. The molecule has 0 bridgehead atoms. The quantitative estimate of drug-likeness (QED) is 0.787. The normalized spacial score (nSPS) is 18.2. The van der Waals surface area contributed by atoms with Gasteiger partial charge in [-0.15, -0.1) is 0 Å². The lowest BCUT2D eigenvalue weighted by molar-refractivity contribution is -0.256. The highest BCUT2D eigenvalue weighted by molar-refractivity contribution is 6.38. The summed E-state index contributed by atoms with van der Waals surface area (Å²) in [5, 5.41) is 0.818. The molecule has 5 nitrogen and oxygen atoms in total. The number of rotatable bonds is 4. The highest BCUT2D eigenvalue weighted by Crippen LogP contribution is 2.51. The van der Waals surface area contributed by atoms with Gasteiger partial charge in [-0.2, -0.15) is 0 Å². The summed E-state index contributed by atoms with van der Waals surface area (Å²) in [5.41, 5.74) is 1.01. The van der Waals surface area contributed by atoms with Crippen LogP contribution >= 0.6 is 23.2 Å². The fourth-order valence-corrected chi connectivity index (χ4v) is 3.83. The van der Waals surface area contributed by atoms with Crippen molar-refractivity contribution >= 4 is 34.8 Å². The third-order valence-corrected chi connectivity index (χ3v) is 5.05. The summed E-state index contributed by atoms with van der Waals surface area (Å²) >= 11 is 12.8. The molecule has 0 saturated carbocycles. The van der Waals surface area contributed by atoms with Crippen molar-refractivity contribution in [3.05, 3.63) is 58.1 Å². The summed E-state index contributed by atoms with van der Waals surface area (Å²) in [6, 6.07) is 12.7. The topological polar surface area (TPSA) is 48.0 Å². The number of carbonyl (C=O) groups excluding carboxylic acids is 1. The second-order valence-electron chi connectivity index (χ2n) is 6.04. The number of benzene rings is 2. The van der Waals surface area contributed by atoms with Crippen LogP contribution in [0.25, 0.3) is 0 Å². The number of nitrogens with zero attached hydrogens (tertiary/aromatic N) is 1. The molecule has 2 heterocycles. The van der Waals surface area contributed by atoms with Crippen molar-refractivity contribution in [2.75, 3.05) is 31.3 Å². The Labute approximate surface area is 161 Å². The van der Waals surface area contributed by atoms with Gasteiger partial charge in [0.1, 0.15) is 12.4 Å². The Morgan fingerprint density at radius 3 is 2.46 bits per heavy atom. The van der Waals surface area contributed by atoms with Crippen LogP contribution < -0.4 is 9.64 Å². The smallest absolute Gasteiger partial charge is 0.292 e. The van der Waals surface area contributed by atoms with Gasteiger partial charge >= 0.3 is 0 Å². The molecule has 0 radical (unpaired) electrons. The molecule has 1 amide bonds. The molecule has 136 valence electrons. The highest BCUT2D eigenvalue weighted by atomic mass is 35.5. The molecule has 2 aromatic carbocycles. The highest BCUT2D eigenvalue weighted by Gasteiger charge is 2.56. The molecule has 0 unspecified atom stereocenters. The van der Waals surface area contributed by atoms with Crippen LogP contribution in [0.2, 0.25) is 10.0 Å². The van der Waals surface area contributed by atoms with Crippen molar-refractivity contribution in [1.29, 1.82) is 0 Å². The van der Waals surface area contributed by atoms with Gasteiger partial charge in [-0.3, -0.25) is 4.79 Å². The van der Waals surface area contributed by atoms with Crippen LogP contribution in [0.1, 0.15) is 12.0 Å². The maximum Gasteiger partial charge on any atom is 0.292 e. The van der Waals surface area contributed by atoms with E-state index in [0.29, 0.717) is 47.7 Å². The van der Waals surface area contributed by atoms with E-state index in [-0.39, 0.29) is 5.91 Å². The predicted molar refractivity (Wildman–Crippen MR) is 99.0 cm³/mol. The first kappa shape index (κ1) is 17.6. The van der Waals surface area contributed by atoms with Gasteiger partial charge in [0.25, 0.3) is 11.7 Å². The number of carbonyl (C=O) groups is 1. The van der Waals surface area contributed by atoms with Crippen LogP contribution in [-0.4, -0.2) is 32.3 Å². The second-order valence-corrected chi connectivity index (χ2v) is 6.85.